The molecule has 0 aliphatic heterocycles. The number of amides is 1. The fourth-order valence-electron chi connectivity index (χ4n) is 4.17. The van der Waals surface area contributed by atoms with Crippen molar-refractivity contribution in [1.29, 1.82) is 0 Å². The van der Waals surface area contributed by atoms with E-state index in [0.29, 0.717) is 29.9 Å². The first-order valence-electron chi connectivity index (χ1n) is 12.6. The average Bonchev–Trinajstić information content (AvgIpc) is 3.49. The van der Waals surface area contributed by atoms with E-state index in [4.69, 9.17) is 9.84 Å². The van der Waals surface area contributed by atoms with Crippen molar-refractivity contribution in [3.05, 3.63) is 112 Å². The summed E-state index contributed by atoms with van der Waals surface area (Å²) in [5.74, 6) is -0.447. The van der Waals surface area contributed by atoms with Gasteiger partial charge in [-0.1, -0.05) is 60.7 Å². The van der Waals surface area contributed by atoms with Gasteiger partial charge in [0.2, 0.25) is 0 Å². The van der Waals surface area contributed by atoms with E-state index in [-0.39, 0.29) is 18.9 Å². The van der Waals surface area contributed by atoms with Crippen LogP contribution in [0.1, 0.15) is 53.4 Å². The minimum atomic E-state index is -1.15. The molecule has 1 aromatic heterocycles. The number of hydrogen-bond donors (Lipinski definition) is 2. The van der Waals surface area contributed by atoms with E-state index in [2.05, 4.69) is 5.38 Å². The summed E-state index contributed by atoms with van der Waals surface area (Å²) in [5, 5.41) is 24.2. The second-order valence-electron chi connectivity index (χ2n) is 8.97. The minimum Gasteiger partial charge on any atom is -0.493 e. The lowest BCUT2D eigenvalue weighted by Gasteiger charge is -2.29. The van der Waals surface area contributed by atoms with Crippen molar-refractivity contribution in [2.45, 2.75) is 38.5 Å². The van der Waals surface area contributed by atoms with Crippen LogP contribution in [0.3, 0.4) is 0 Å². The van der Waals surface area contributed by atoms with Crippen molar-refractivity contribution >= 4 is 23.2 Å². The molecule has 0 radical (unpaired) electrons. The van der Waals surface area contributed by atoms with Gasteiger partial charge in [-0.05, 0) is 65.4 Å². The van der Waals surface area contributed by atoms with Gasteiger partial charge < -0.3 is 19.8 Å². The minimum absolute atomic E-state index is 0.149. The maximum absolute atomic E-state index is 13.7. The Balaban J connectivity index is 1.53. The maximum atomic E-state index is 13.7. The molecule has 1 amide bonds. The summed E-state index contributed by atoms with van der Waals surface area (Å²) in [6.07, 6.45) is 1.10. The number of rotatable bonds is 13. The van der Waals surface area contributed by atoms with Gasteiger partial charge in [0, 0.05) is 23.1 Å². The summed E-state index contributed by atoms with van der Waals surface area (Å²) in [4.78, 5) is 25.9. The van der Waals surface area contributed by atoms with Crippen LogP contribution in [0.2, 0.25) is 0 Å². The molecule has 0 aliphatic rings. The molecule has 0 saturated heterocycles. The highest BCUT2D eigenvalue weighted by molar-refractivity contribution is 7.08. The predicted octanol–water partition coefficient (Wildman–Crippen LogP) is 6.77. The molecule has 2 N–H and O–H groups in total. The number of thiophene rings is 1. The molecule has 0 aliphatic carbocycles. The molecule has 0 spiro atoms. The van der Waals surface area contributed by atoms with Gasteiger partial charge >= 0.3 is 5.97 Å². The van der Waals surface area contributed by atoms with Crippen LogP contribution in [-0.2, 0) is 11.3 Å². The second-order valence-corrected chi connectivity index (χ2v) is 9.75. The lowest BCUT2D eigenvalue weighted by Crippen LogP contribution is -2.34. The zero-order valence-electron chi connectivity index (χ0n) is 21.0. The van der Waals surface area contributed by atoms with Gasteiger partial charge in [-0.2, -0.15) is 11.3 Å². The molecular weight excluding hydrogens is 498 g/mol. The van der Waals surface area contributed by atoms with Crippen molar-refractivity contribution in [3.8, 4) is 16.9 Å². The molecule has 1 heterocycles. The van der Waals surface area contributed by atoms with Crippen LogP contribution < -0.4 is 4.74 Å². The first-order chi connectivity index (χ1) is 18.5. The van der Waals surface area contributed by atoms with Crippen LogP contribution in [0.4, 0.5) is 0 Å². The number of carboxylic acid groups (broad SMARTS) is 1. The van der Waals surface area contributed by atoms with E-state index in [1.54, 1.807) is 35.6 Å². The Kier molecular flexibility index (Phi) is 9.67. The van der Waals surface area contributed by atoms with E-state index < -0.39 is 12.2 Å². The van der Waals surface area contributed by atoms with E-state index >= 15 is 0 Å². The van der Waals surface area contributed by atoms with Crippen LogP contribution in [0, 0.1) is 0 Å². The molecule has 3 aromatic carbocycles. The number of ether oxygens (including phenoxy) is 1. The lowest BCUT2D eigenvalue weighted by atomic mass is 10.0. The molecular formula is C31H31NO5S. The summed E-state index contributed by atoms with van der Waals surface area (Å²) in [6.45, 7) is 0.590. The van der Waals surface area contributed by atoms with Gasteiger partial charge in [0.05, 0.1) is 13.2 Å². The molecule has 4 rings (SSSR count). The number of hydrogen-bond acceptors (Lipinski definition) is 5. The van der Waals surface area contributed by atoms with Gasteiger partial charge in [0.25, 0.3) is 5.91 Å². The molecule has 196 valence electrons. The predicted molar refractivity (Wildman–Crippen MR) is 149 cm³/mol. The summed E-state index contributed by atoms with van der Waals surface area (Å²) < 4.78 is 6.01. The van der Waals surface area contributed by atoms with Gasteiger partial charge in [0.1, 0.15) is 5.75 Å². The summed E-state index contributed by atoms with van der Waals surface area (Å²) in [7, 11) is 0. The fraction of sp³-hybridized carbons (Fsp3) is 0.226. The van der Waals surface area contributed by atoms with Gasteiger partial charge in [0.15, 0.2) is 6.23 Å². The monoisotopic (exact) mass is 529 g/mol. The third-order valence-corrected chi connectivity index (χ3v) is 6.93. The quantitative estimate of drug-likeness (QED) is 0.147. The number of benzene rings is 3. The molecule has 1 atom stereocenters. The van der Waals surface area contributed by atoms with Gasteiger partial charge in [-0.25, -0.2) is 0 Å². The Bertz CT molecular complexity index is 1310. The molecule has 6 nitrogen and oxygen atoms in total. The molecule has 38 heavy (non-hydrogen) atoms. The number of aliphatic carboxylic acids is 1. The average molecular weight is 530 g/mol. The lowest BCUT2D eigenvalue weighted by molar-refractivity contribution is -0.137. The van der Waals surface area contributed by atoms with Crippen molar-refractivity contribution < 1.29 is 24.5 Å². The first-order valence-corrected chi connectivity index (χ1v) is 13.6. The highest BCUT2D eigenvalue weighted by Crippen LogP contribution is 2.28. The largest absolute Gasteiger partial charge is 0.493 e. The van der Waals surface area contributed by atoms with E-state index in [0.717, 1.165) is 29.5 Å². The number of carbonyl (C=O) groups excluding carboxylic acids is 1. The number of carboxylic acids is 1. The van der Waals surface area contributed by atoms with E-state index in [1.807, 2.05) is 66.0 Å². The molecule has 0 fully saturated rings. The molecule has 4 aromatic rings. The summed E-state index contributed by atoms with van der Waals surface area (Å²) in [5.41, 5.74) is 4.00. The SMILES string of the molecule is O=C(O)CCCCCOc1ccccc1CN(C(=O)c1ccc(-c2ccsc2)cc1)C(O)c1ccccc1. The second kappa shape index (κ2) is 13.6. The van der Waals surface area contributed by atoms with Crippen molar-refractivity contribution in [2.24, 2.45) is 0 Å². The number of aliphatic hydroxyl groups is 1. The number of aliphatic hydroxyl groups excluding tert-OH is 1. The zero-order valence-corrected chi connectivity index (χ0v) is 21.8. The van der Waals surface area contributed by atoms with E-state index in [9.17, 15) is 14.7 Å². The topological polar surface area (TPSA) is 87.1 Å². The highest BCUT2D eigenvalue weighted by atomic mass is 32.1. The Hall–Kier alpha value is -3.94. The summed E-state index contributed by atoms with van der Waals surface area (Å²) >= 11 is 1.62. The molecule has 7 heteroatoms. The van der Waals surface area contributed by atoms with Gasteiger partial charge in [-0.3, -0.25) is 9.59 Å². The Morgan fingerprint density at radius 1 is 0.842 bits per heavy atom. The Morgan fingerprint density at radius 2 is 1.58 bits per heavy atom. The standard InChI is InChI=1S/C31H31NO5S/c33-29(34)13-5-2-8-19-37-28-12-7-6-11-26(28)21-32(30(35)24-9-3-1-4-10-24)31(36)25-16-14-23(15-17-25)27-18-20-38-22-27/h1,3-4,6-7,9-12,14-18,20,22,30,35H,2,5,8,13,19,21H2,(H,33,34). The van der Waals surface area contributed by atoms with E-state index in [1.165, 1.54) is 4.90 Å². The Labute approximate surface area is 226 Å². The molecule has 1 unspecified atom stereocenters. The number of para-hydroxylation sites is 1. The van der Waals surface area contributed by atoms with Crippen molar-refractivity contribution in [2.75, 3.05) is 6.61 Å². The number of carbonyl (C=O) groups is 2. The molecule has 0 bridgehead atoms. The van der Waals surface area contributed by atoms with Crippen LogP contribution in [-0.4, -0.2) is 33.6 Å². The number of nitrogens with zero attached hydrogens (tertiary/aromatic N) is 1. The zero-order chi connectivity index (χ0) is 26.7. The van der Waals surface area contributed by atoms with Crippen LogP contribution >= 0.6 is 11.3 Å². The summed E-state index contributed by atoms with van der Waals surface area (Å²) in [6, 6.07) is 26.1. The molecule has 0 saturated carbocycles. The maximum Gasteiger partial charge on any atom is 0.303 e. The normalized spacial score (nSPS) is 11.6. The van der Waals surface area contributed by atoms with Crippen LogP contribution in [0.15, 0.2) is 95.7 Å². The smallest absolute Gasteiger partial charge is 0.303 e. The first kappa shape index (κ1) is 27.1. The Morgan fingerprint density at radius 3 is 2.29 bits per heavy atom. The van der Waals surface area contributed by atoms with Gasteiger partial charge in [-0.15, -0.1) is 0 Å². The third kappa shape index (κ3) is 7.31. The fourth-order valence-corrected chi connectivity index (χ4v) is 4.84. The van der Waals surface area contributed by atoms with Crippen LogP contribution in [0.5, 0.6) is 5.75 Å². The van der Waals surface area contributed by atoms with Crippen molar-refractivity contribution in [1.82, 2.24) is 4.90 Å². The van der Waals surface area contributed by atoms with Crippen molar-refractivity contribution in [3.63, 3.8) is 0 Å². The van der Waals surface area contributed by atoms with Crippen LogP contribution in [0.25, 0.3) is 11.1 Å². The number of unbranched alkanes of at least 4 members (excludes halogenated alkanes) is 2. The third-order valence-electron chi connectivity index (χ3n) is 6.25. The highest BCUT2D eigenvalue weighted by Gasteiger charge is 2.26.